The Morgan fingerprint density at radius 2 is 1.61 bits per heavy atom. The number of hydrogen-bond donors (Lipinski definition) is 1. The van der Waals surface area contributed by atoms with Crippen LogP contribution in [0.1, 0.15) is 22.8 Å². The van der Waals surface area contributed by atoms with E-state index < -0.39 is 0 Å². The van der Waals surface area contributed by atoms with E-state index in [1.165, 1.54) is 0 Å². The second-order valence-corrected chi connectivity index (χ2v) is 6.53. The van der Waals surface area contributed by atoms with Crippen LogP contribution in [0.25, 0.3) is 0 Å². The van der Waals surface area contributed by atoms with E-state index in [4.69, 9.17) is 9.47 Å². The molecule has 4 heteroatoms. The number of carbonyl (C=O) groups is 1. The fraction of sp³-hybridized carbons (Fsp3) is 0.125. The van der Waals surface area contributed by atoms with E-state index >= 15 is 0 Å². The first-order chi connectivity index (χ1) is 13.6. The van der Waals surface area contributed by atoms with E-state index in [0.717, 1.165) is 11.1 Å². The fourth-order valence-corrected chi connectivity index (χ4v) is 2.54. The second kappa shape index (κ2) is 9.42. The van der Waals surface area contributed by atoms with Gasteiger partial charge in [0.05, 0.1) is 0 Å². The molecule has 0 saturated carbocycles. The van der Waals surface area contributed by atoms with Gasteiger partial charge >= 0.3 is 0 Å². The molecule has 0 atom stereocenters. The number of amides is 1. The van der Waals surface area contributed by atoms with Crippen LogP contribution in [0, 0.1) is 0 Å². The molecule has 0 fully saturated rings. The van der Waals surface area contributed by atoms with Crippen molar-refractivity contribution < 1.29 is 14.3 Å². The average Bonchev–Trinajstić information content (AvgIpc) is 2.72. The third kappa shape index (κ3) is 5.74. The van der Waals surface area contributed by atoms with Gasteiger partial charge in [0, 0.05) is 17.3 Å². The van der Waals surface area contributed by atoms with Crippen LogP contribution < -0.4 is 14.8 Å². The lowest BCUT2D eigenvalue weighted by Gasteiger charge is -2.10. The van der Waals surface area contributed by atoms with Crippen LogP contribution in [0.3, 0.4) is 0 Å². The number of rotatable bonds is 8. The molecule has 0 bridgehead atoms. The third-order valence-electron chi connectivity index (χ3n) is 3.92. The van der Waals surface area contributed by atoms with Gasteiger partial charge in [0.15, 0.2) is 0 Å². The summed E-state index contributed by atoms with van der Waals surface area (Å²) in [6.07, 6.45) is 0. The van der Waals surface area contributed by atoms with Gasteiger partial charge < -0.3 is 14.8 Å². The van der Waals surface area contributed by atoms with Crippen LogP contribution in [-0.4, -0.2) is 12.5 Å². The Morgan fingerprint density at radius 1 is 0.893 bits per heavy atom. The molecule has 0 aliphatic carbocycles. The highest BCUT2D eigenvalue weighted by atomic mass is 16.5. The summed E-state index contributed by atoms with van der Waals surface area (Å²) < 4.78 is 11.4. The summed E-state index contributed by atoms with van der Waals surface area (Å²) in [4.78, 5) is 12.6. The summed E-state index contributed by atoms with van der Waals surface area (Å²) in [6.45, 7) is 6.61. The highest BCUT2D eigenvalue weighted by Gasteiger charge is 2.08. The standard InChI is InChI=1S/C24H23NO3/c1-18(2)16-27-23-13-7-11-21(15-23)25-24(26)20-10-6-12-22(14-20)28-17-19-8-4-3-5-9-19/h3-15H,1,16-17H2,2H3,(H,25,26). The third-order valence-corrected chi connectivity index (χ3v) is 3.92. The predicted octanol–water partition coefficient (Wildman–Crippen LogP) is 5.47. The van der Waals surface area contributed by atoms with Crippen molar-refractivity contribution in [2.75, 3.05) is 11.9 Å². The van der Waals surface area contributed by atoms with Crippen molar-refractivity contribution in [1.82, 2.24) is 0 Å². The first-order valence-corrected chi connectivity index (χ1v) is 9.05. The summed E-state index contributed by atoms with van der Waals surface area (Å²) in [6, 6.07) is 24.3. The highest BCUT2D eigenvalue weighted by Crippen LogP contribution is 2.20. The van der Waals surface area contributed by atoms with Crippen molar-refractivity contribution in [3.05, 3.63) is 102 Å². The maximum atomic E-state index is 12.6. The van der Waals surface area contributed by atoms with Crippen LogP contribution in [0.5, 0.6) is 11.5 Å². The van der Waals surface area contributed by atoms with Crippen LogP contribution >= 0.6 is 0 Å². The van der Waals surface area contributed by atoms with Gasteiger partial charge in [-0.2, -0.15) is 0 Å². The fourth-order valence-electron chi connectivity index (χ4n) is 2.54. The normalized spacial score (nSPS) is 10.2. The van der Waals surface area contributed by atoms with Crippen molar-refractivity contribution in [1.29, 1.82) is 0 Å². The largest absolute Gasteiger partial charge is 0.489 e. The molecule has 0 radical (unpaired) electrons. The number of benzene rings is 3. The van der Waals surface area contributed by atoms with Crippen LogP contribution in [0.2, 0.25) is 0 Å². The molecule has 0 saturated heterocycles. The summed E-state index contributed by atoms with van der Waals surface area (Å²) in [5.74, 6) is 1.12. The molecule has 142 valence electrons. The van der Waals surface area contributed by atoms with Crippen molar-refractivity contribution in [3.63, 3.8) is 0 Å². The van der Waals surface area contributed by atoms with Gasteiger partial charge in [-0.05, 0) is 48.4 Å². The molecule has 0 aliphatic rings. The molecule has 3 aromatic rings. The number of carbonyl (C=O) groups excluding carboxylic acids is 1. The molecular formula is C24H23NO3. The first-order valence-electron chi connectivity index (χ1n) is 9.05. The topological polar surface area (TPSA) is 47.6 Å². The molecule has 0 heterocycles. The van der Waals surface area contributed by atoms with Crippen LogP contribution in [0.4, 0.5) is 5.69 Å². The molecule has 4 nitrogen and oxygen atoms in total. The Morgan fingerprint density at radius 3 is 2.36 bits per heavy atom. The van der Waals surface area contributed by atoms with Gasteiger partial charge in [0.2, 0.25) is 0 Å². The summed E-state index contributed by atoms with van der Waals surface area (Å²) in [5.41, 5.74) is 3.20. The zero-order valence-electron chi connectivity index (χ0n) is 15.9. The summed E-state index contributed by atoms with van der Waals surface area (Å²) >= 11 is 0. The van der Waals surface area contributed by atoms with Crippen molar-refractivity contribution in [2.45, 2.75) is 13.5 Å². The zero-order chi connectivity index (χ0) is 19.8. The van der Waals surface area contributed by atoms with Gasteiger partial charge in [0.1, 0.15) is 24.7 Å². The van der Waals surface area contributed by atoms with E-state index in [1.54, 1.807) is 18.2 Å². The monoisotopic (exact) mass is 373 g/mol. The van der Waals surface area contributed by atoms with E-state index in [9.17, 15) is 4.79 Å². The minimum atomic E-state index is -0.206. The minimum Gasteiger partial charge on any atom is -0.489 e. The van der Waals surface area contributed by atoms with Gasteiger partial charge in [-0.1, -0.05) is 49.0 Å². The Kier molecular flexibility index (Phi) is 6.47. The van der Waals surface area contributed by atoms with E-state index in [1.807, 2.05) is 67.6 Å². The van der Waals surface area contributed by atoms with Gasteiger partial charge in [-0.3, -0.25) is 4.79 Å². The lowest BCUT2D eigenvalue weighted by Crippen LogP contribution is -2.12. The van der Waals surface area contributed by atoms with Crippen molar-refractivity contribution >= 4 is 11.6 Å². The molecule has 1 N–H and O–H groups in total. The second-order valence-electron chi connectivity index (χ2n) is 6.53. The molecule has 3 rings (SSSR count). The number of hydrogen-bond acceptors (Lipinski definition) is 3. The number of ether oxygens (including phenoxy) is 2. The Labute approximate surface area is 165 Å². The molecule has 0 aliphatic heterocycles. The average molecular weight is 373 g/mol. The molecule has 0 spiro atoms. The van der Waals surface area contributed by atoms with E-state index in [2.05, 4.69) is 11.9 Å². The molecule has 0 unspecified atom stereocenters. The zero-order valence-corrected chi connectivity index (χ0v) is 15.9. The molecule has 28 heavy (non-hydrogen) atoms. The Balaban J connectivity index is 1.63. The minimum absolute atomic E-state index is 0.206. The van der Waals surface area contributed by atoms with Gasteiger partial charge in [-0.15, -0.1) is 0 Å². The lowest BCUT2D eigenvalue weighted by molar-refractivity contribution is 0.102. The Hall–Kier alpha value is -3.53. The van der Waals surface area contributed by atoms with Gasteiger partial charge in [-0.25, -0.2) is 0 Å². The molecular weight excluding hydrogens is 350 g/mol. The van der Waals surface area contributed by atoms with E-state index in [0.29, 0.717) is 36.0 Å². The summed E-state index contributed by atoms with van der Waals surface area (Å²) in [5, 5.41) is 2.89. The maximum Gasteiger partial charge on any atom is 0.255 e. The first kappa shape index (κ1) is 19.2. The quantitative estimate of drug-likeness (QED) is 0.532. The molecule has 3 aromatic carbocycles. The maximum absolute atomic E-state index is 12.6. The molecule has 0 aromatic heterocycles. The smallest absolute Gasteiger partial charge is 0.255 e. The summed E-state index contributed by atoms with van der Waals surface area (Å²) in [7, 11) is 0. The van der Waals surface area contributed by atoms with Crippen molar-refractivity contribution in [3.8, 4) is 11.5 Å². The van der Waals surface area contributed by atoms with Gasteiger partial charge in [0.25, 0.3) is 5.91 Å². The predicted molar refractivity (Wildman–Crippen MR) is 112 cm³/mol. The Bertz CT molecular complexity index is 951. The van der Waals surface area contributed by atoms with Crippen LogP contribution in [0.15, 0.2) is 91.0 Å². The van der Waals surface area contributed by atoms with E-state index in [-0.39, 0.29) is 5.91 Å². The number of anilines is 1. The highest BCUT2D eigenvalue weighted by molar-refractivity contribution is 6.04. The SMILES string of the molecule is C=C(C)COc1cccc(NC(=O)c2cccc(OCc3ccccc3)c2)c1. The number of nitrogens with one attached hydrogen (secondary N) is 1. The van der Waals surface area contributed by atoms with Crippen LogP contribution in [-0.2, 0) is 6.61 Å². The molecule has 1 amide bonds. The van der Waals surface area contributed by atoms with Crippen molar-refractivity contribution in [2.24, 2.45) is 0 Å². The lowest BCUT2D eigenvalue weighted by atomic mass is 10.2.